The normalized spacial score (nSPS) is 12.9. The van der Waals surface area contributed by atoms with Gasteiger partial charge in [0.25, 0.3) is 11.8 Å². The zero-order valence-electron chi connectivity index (χ0n) is 16.9. The Balaban J connectivity index is 1.36. The standard InChI is InChI=1S/C24H24N2O4/c1-2-17-5-9-21(10-6-17)30-16-23(27)25-20-8-7-18-11-12-26(15-19(18)14-20)24(28)22-4-3-13-29-22/h3-10,13-14H,2,11-12,15-16H2,1H3,(H,25,27). The van der Waals surface area contributed by atoms with Gasteiger partial charge in [0.05, 0.1) is 6.26 Å². The molecule has 2 amide bonds. The molecule has 6 heteroatoms. The van der Waals surface area contributed by atoms with Crippen LogP contribution in [0.5, 0.6) is 5.75 Å². The third-order valence-electron chi connectivity index (χ3n) is 5.22. The van der Waals surface area contributed by atoms with Crippen LogP contribution < -0.4 is 10.1 Å². The van der Waals surface area contributed by atoms with E-state index < -0.39 is 0 Å². The Hall–Kier alpha value is -3.54. The van der Waals surface area contributed by atoms with E-state index in [1.54, 1.807) is 17.0 Å². The Morgan fingerprint density at radius 3 is 2.67 bits per heavy atom. The quantitative estimate of drug-likeness (QED) is 0.673. The minimum Gasteiger partial charge on any atom is -0.484 e. The molecule has 1 N–H and O–H groups in total. The van der Waals surface area contributed by atoms with E-state index in [1.165, 1.54) is 17.4 Å². The third kappa shape index (κ3) is 4.54. The fraction of sp³-hybridized carbons (Fsp3) is 0.250. The van der Waals surface area contributed by atoms with E-state index in [9.17, 15) is 9.59 Å². The van der Waals surface area contributed by atoms with Gasteiger partial charge in [-0.3, -0.25) is 9.59 Å². The molecule has 154 valence electrons. The van der Waals surface area contributed by atoms with Gasteiger partial charge < -0.3 is 19.4 Å². The fourth-order valence-corrected chi connectivity index (χ4v) is 3.53. The molecule has 2 aromatic carbocycles. The first-order chi connectivity index (χ1) is 14.6. The van der Waals surface area contributed by atoms with E-state index in [1.807, 2.05) is 42.5 Å². The molecule has 1 aliphatic heterocycles. The maximum atomic E-state index is 12.5. The van der Waals surface area contributed by atoms with Crippen LogP contribution in [0.3, 0.4) is 0 Å². The van der Waals surface area contributed by atoms with Gasteiger partial charge in [-0.25, -0.2) is 0 Å². The van der Waals surface area contributed by atoms with Gasteiger partial charge in [0, 0.05) is 18.8 Å². The van der Waals surface area contributed by atoms with E-state index in [2.05, 4.69) is 12.2 Å². The van der Waals surface area contributed by atoms with E-state index in [0.29, 0.717) is 30.3 Å². The minimum atomic E-state index is -0.228. The van der Waals surface area contributed by atoms with Crippen molar-refractivity contribution in [2.75, 3.05) is 18.5 Å². The predicted molar refractivity (Wildman–Crippen MR) is 114 cm³/mol. The topological polar surface area (TPSA) is 71.8 Å². The lowest BCUT2D eigenvalue weighted by molar-refractivity contribution is -0.118. The molecule has 0 radical (unpaired) electrons. The van der Waals surface area contributed by atoms with Gasteiger partial charge in [0.2, 0.25) is 0 Å². The molecule has 30 heavy (non-hydrogen) atoms. The van der Waals surface area contributed by atoms with Crippen molar-refractivity contribution in [2.24, 2.45) is 0 Å². The van der Waals surface area contributed by atoms with Crippen LogP contribution in [0.1, 0.15) is 34.2 Å². The van der Waals surface area contributed by atoms with Gasteiger partial charge in [-0.15, -0.1) is 0 Å². The molecule has 2 heterocycles. The summed E-state index contributed by atoms with van der Waals surface area (Å²) in [7, 11) is 0. The Morgan fingerprint density at radius 1 is 1.10 bits per heavy atom. The summed E-state index contributed by atoms with van der Waals surface area (Å²) < 4.78 is 10.8. The number of anilines is 1. The summed E-state index contributed by atoms with van der Waals surface area (Å²) in [4.78, 5) is 26.6. The number of rotatable bonds is 6. The molecule has 0 fully saturated rings. The van der Waals surface area contributed by atoms with Crippen LogP contribution in [0.2, 0.25) is 0 Å². The van der Waals surface area contributed by atoms with Crippen molar-refractivity contribution in [3.63, 3.8) is 0 Å². The average molecular weight is 404 g/mol. The van der Waals surface area contributed by atoms with Gasteiger partial charge >= 0.3 is 0 Å². The summed E-state index contributed by atoms with van der Waals surface area (Å²) in [6, 6.07) is 16.9. The van der Waals surface area contributed by atoms with Crippen molar-refractivity contribution in [1.29, 1.82) is 0 Å². The van der Waals surface area contributed by atoms with Crippen LogP contribution in [-0.2, 0) is 24.2 Å². The fourth-order valence-electron chi connectivity index (χ4n) is 3.53. The smallest absolute Gasteiger partial charge is 0.289 e. The molecule has 0 spiro atoms. The van der Waals surface area contributed by atoms with Crippen molar-refractivity contribution >= 4 is 17.5 Å². The summed E-state index contributed by atoms with van der Waals surface area (Å²) in [5, 5.41) is 2.87. The number of nitrogens with one attached hydrogen (secondary N) is 1. The van der Waals surface area contributed by atoms with Crippen LogP contribution in [0.15, 0.2) is 65.3 Å². The van der Waals surface area contributed by atoms with Crippen LogP contribution in [0, 0.1) is 0 Å². The van der Waals surface area contributed by atoms with Crippen molar-refractivity contribution in [3.05, 3.63) is 83.3 Å². The van der Waals surface area contributed by atoms with Crippen molar-refractivity contribution in [1.82, 2.24) is 4.90 Å². The molecule has 0 unspecified atom stereocenters. The molecule has 6 nitrogen and oxygen atoms in total. The first-order valence-corrected chi connectivity index (χ1v) is 10.1. The summed E-state index contributed by atoms with van der Waals surface area (Å²) in [6.07, 6.45) is 3.23. The number of hydrogen-bond donors (Lipinski definition) is 1. The molecule has 0 aliphatic carbocycles. The lowest BCUT2D eigenvalue weighted by Crippen LogP contribution is -2.35. The number of carbonyl (C=O) groups excluding carboxylic acids is 2. The lowest BCUT2D eigenvalue weighted by Gasteiger charge is -2.28. The van der Waals surface area contributed by atoms with E-state index >= 15 is 0 Å². The Labute approximate surface area is 175 Å². The van der Waals surface area contributed by atoms with Crippen LogP contribution in [0.25, 0.3) is 0 Å². The molecule has 4 rings (SSSR count). The molecular weight excluding hydrogens is 380 g/mol. The Kier molecular flexibility index (Phi) is 5.84. The highest BCUT2D eigenvalue weighted by Crippen LogP contribution is 2.24. The molecule has 0 atom stereocenters. The predicted octanol–water partition coefficient (Wildman–Crippen LogP) is 4.06. The minimum absolute atomic E-state index is 0.0638. The summed E-state index contributed by atoms with van der Waals surface area (Å²) >= 11 is 0. The van der Waals surface area contributed by atoms with E-state index in [4.69, 9.17) is 9.15 Å². The Bertz CT molecular complexity index is 1030. The maximum Gasteiger partial charge on any atom is 0.289 e. The van der Waals surface area contributed by atoms with Gasteiger partial charge in [-0.2, -0.15) is 0 Å². The zero-order valence-corrected chi connectivity index (χ0v) is 16.9. The number of amides is 2. The molecule has 0 saturated heterocycles. The monoisotopic (exact) mass is 404 g/mol. The SMILES string of the molecule is CCc1ccc(OCC(=O)Nc2ccc3c(c2)CN(C(=O)c2ccco2)CC3)cc1. The van der Waals surface area contributed by atoms with Crippen LogP contribution >= 0.6 is 0 Å². The van der Waals surface area contributed by atoms with Crippen LogP contribution in [0.4, 0.5) is 5.69 Å². The number of aryl methyl sites for hydroxylation is 1. The van der Waals surface area contributed by atoms with E-state index in [-0.39, 0.29) is 18.4 Å². The maximum absolute atomic E-state index is 12.5. The number of carbonyl (C=O) groups is 2. The molecule has 1 aromatic heterocycles. The lowest BCUT2D eigenvalue weighted by atomic mass is 9.99. The second-order valence-corrected chi connectivity index (χ2v) is 7.27. The highest BCUT2D eigenvalue weighted by molar-refractivity contribution is 5.92. The number of benzene rings is 2. The zero-order chi connectivity index (χ0) is 20.9. The highest BCUT2D eigenvalue weighted by atomic mass is 16.5. The number of furan rings is 1. The molecule has 3 aromatic rings. The van der Waals surface area contributed by atoms with E-state index in [0.717, 1.165) is 18.4 Å². The van der Waals surface area contributed by atoms with Gasteiger partial charge in [-0.05, 0) is 65.9 Å². The second kappa shape index (κ2) is 8.86. The number of fused-ring (bicyclic) bond motifs is 1. The molecular formula is C24H24N2O4. The number of ether oxygens (including phenoxy) is 1. The summed E-state index contributed by atoms with van der Waals surface area (Å²) in [5.41, 5.74) is 4.12. The average Bonchev–Trinajstić information content (AvgIpc) is 3.32. The van der Waals surface area contributed by atoms with Gasteiger partial charge in [-0.1, -0.05) is 25.1 Å². The van der Waals surface area contributed by atoms with Crippen LogP contribution in [-0.4, -0.2) is 29.9 Å². The number of hydrogen-bond acceptors (Lipinski definition) is 4. The molecule has 1 aliphatic rings. The van der Waals surface area contributed by atoms with Gasteiger partial charge in [0.15, 0.2) is 12.4 Å². The largest absolute Gasteiger partial charge is 0.484 e. The van der Waals surface area contributed by atoms with Crippen molar-refractivity contribution in [2.45, 2.75) is 26.3 Å². The Morgan fingerprint density at radius 2 is 1.93 bits per heavy atom. The first kappa shape index (κ1) is 19.8. The van der Waals surface area contributed by atoms with Crippen molar-refractivity contribution in [3.8, 4) is 5.75 Å². The van der Waals surface area contributed by atoms with Gasteiger partial charge in [0.1, 0.15) is 5.75 Å². The van der Waals surface area contributed by atoms with Crippen molar-refractivity contribution < 1.29 is 18.7 Å². The first-order valence-electron chi connectivity index (χ1n) is 10.1. The second-order valence-electron chi connectivity index (χ2n) is 7.27. The third-order valence-corrected chi connectivity index (χ3v) is 5.22. The molecule has 0 saturated carbocycles. The summed E-state index contributed by atoms with van der Waals surface area (Å²) in [5.74, 6) is 0.656. The highest BCUT2D eigenvalue weighted by Gasteiger charge is 2.23. The summed E-state index contributed by atoms with van der Waals surface area (Å²) in [6.45, 7) is 3.15. The molecule has 0 bridgehead atoms. The number of nitrogens with zero attached hydrogens (tertiary/aromatic N) is 1.